The van der Waals surface area contributed by atoms with Gasteiger partial charge in [0.2, 0.25) is 0 Å². The van der Waals surface area contributed by atoms with Crippen molar-refractivity contribution in [2.24, 2.45) is 11.8 Å². The zero-order chi connectivity index (χ0) is 10.8. The van der Waals surface area contributed by atoms with Crippen LogP contribution in [0, 0.1) is 11.8 Å². The van der Waals surface area contributed by atoms with Gasteiger partial charge in [0.05, 0.1) is 0 Å². The Kier molecular flexibility index (Phi) is 3.63. The standard InChI is InChI=1S/C8H11BO4P2/c10-3-5-4-1-8(11)13-6(4)2-7(5)14-15-9-12/h3-7,14-15H,1-2H2/t4-,5-,6?,7-/m1/s1. The van der Waals surface area contributed by atoms with E-state index in [1.165, 1.54) is 0 Å². The minimum absolute atomic E-state index is 0.0679. The quantitative estimate of drug-likeness (QED) is 0.316. The molecular formula is C8H11BO4P2. The SMILES string of the molecule is O=BPP[C@@H]1CC2OC(=O)C[C@@H]2[C@H]1C=O. The molecular weight excluding hydrogens is 233 g/mol. The second-order valence-electron chi connectivity index (χ2n) is 3.86. The van der Waals surface area contributed by atoms with Crippen LogP contribution in [0.4, 0.5) is 0 Å². The van der Waals surface area contributed by atoms with Crippen molar-refractivity contribution < 1.29 is 19.0 Å². The molecule has 2 aliphatic rings. The summed E-state index contributed by atoms with van der Waals surface area (Å²) in [5.41, 5.74) is 0.258. The molecule has 6 atom stereocenters. The van der Waals surface area contributed by atoms with Crippen LogP contribution in [0.5, 0.6) is 0 Å². The maximum atomic E-state index is 11.0. The normalized spacial score (nSPS) is 39.9. The number of carbonyl (C=O) groups is 2. The van der Waals surface area contributed by atoms with E-state index in [0.717, 1.165) is 19.6 Å². The summed E-state index contributed by atoms with van der Waals surface area (Å²) in [6.45, 7) is 0.917. The van der Waals surface area contributed by atoms with Crippen LogP contribution in [0.2, 0.25) is 0 Å². The van der Waals surface area contributed by atoms with Gasteiger partial charge in [0, 0.05) is 0 Å². The number of hydrogen-bond donors (Lipinski definition) is 0. The fraction of sp³-hybridized carbons (Fsp3) is 0.750. The molecule has 0 spiro atoms. The summed E-state index contributed by atoms with van der Waals surface area (Å²) in [5.74, 6) is -0.187. The topological polar surface area (TPSA) is 60.4 Å². The first-order chi connectivity index (χ1) is 7.26. The van der Waals surface area contributed by atoms with Gasteiger partial charge in [-0.05, 0) is 0 Å². The number of fused-ring (bicyclic) bond motifs is 1. The van der Waals surface area contributed by atoms with Crippen molar-refractivity contribution in [2.45, 2.75) is 24.6 Å². The zero-order valence-electron chi connectivity index (χ0n) is 8.01. The average molecular weight is 244 g/mol. The van der Waals surface area contributed by atoms with Crippen LogP contribution in [0.15, 0.2) is 0 Å². The van der Waals surface area contributed by atoms with Gasteiger partial charge in [0.15, 0.2) is 0 Å². The predicted molar refractivity (Wildman–Crippen MR) is 59.0 cm³/mol. The van der Waals surface area contributed by atoms with Gasteiger partial charge in [-0.1, -0.05) is 0 Å². The number of esters is 1. The van der Waals surface area contributed by atoms with Gasteiger partial charge in [-0.3, -0.25) is 0 Å². The fourth-order valence-corrected chi connectivity index (χ4v) is 5.36. The van der Waals surface area contributed by atoms with E-state index in [0.29, 0.717) is 14.7 Å². The van der Waals surface area contributed by atoms with E-state index in [4.69, 9.17) is 4.74 Å². The summed E-state index contributed by atoms with van der Waals surface area (Å²) in [6.07, 6.45) is 2.01. The monoisotopic (exact) mass is 244 g/mol. The molecule has 0 amide bonds. The Balaban J connectivity index is 2.02. The number of aldehydes is 1. The van der Waals surface area contributed by atoms with Crippen LogP contribution >= 0.6 is 16.4 Å². The van der Waals surface area contributed by atoms with E-state index in [2.05, 4.69) is 0 Å². The van der Waals surface area contributed by atoms with Crippen LogP contribution in [-0.2, 0) is 19.0 Å². The van der Waals surface area contributed by atoms with Gasteiger partial charge in [-0.25, -0.2) is 0 Å². The summed E-state index contributed by atoms with van der Waals surface area (Å²) < 4.78 is 15.4. The Morgan fingerprint density at radius 1 is 1.53 bits per heavy atom. The van der Waals surface area contributed by atoms with E-state index < -0.39 is 0 Å². The fourth-order valence-electron chi connectivity index (χ4n) is 2.43. The predicted octanol–water partition coefficient (Wildman–Crippen LogP) is 0.742. The van der Waals surface area contributed by atoms with Crippen LogP contribution in [0.25, 0.3) is 0 Å². The van der Waals surface area contributed by atoms with Crippen LogP contribution in [-0.4, -0.2) is 30.9 Å². The van der Waals surface area contributed by atoms with Crippen LogP contribution in [0.1, 0.15) is 12.8 Å². The molecule has 7 heteroatoms. The molecule has 0 bridgehead atoms. The molecule has 1 saturated heterocycles. The van der Waals surface area contributed by atoms with Gasteiger partial charge in [0.1, 0.15) is 0 Å². The second-order valence-corrected chi connectivity index (χ2v) is 7.15. The van der Waals surface area contributed by atoms with Crippen molar-refractivity contribution in [2.75, 3.05) is 0 Å². The van der Waals surface area contributed by atoms with Crippen molar-refractivity contribution in [1.29, 1.82) is 0 Å². The molecule has 0 aromatic rings. The average Bonchev–Trinajstić information content (AvgIpc) is 2.70. The second kappa shape index (κ2) is 4.80. The minimum atomic E-state index is -0.184. The van der Waals surface area contributed by atoms with E-state index in [-0.39, 0.29) is 37.7 Å². The first-order valence-electron chi connectivity index (χ1n) is 4.85. The third kappa shape index (κ3) is 2.19. The molecule has 15 heavy (non-hydrogen) atoms. The number of ether oxygens (including phenoxy) is 1. The van der Waals surface area contributed by atoms with Crippen LogP contribution in [0.3, 0.4) is 0 Å². The van der Waals surface area contributed by atoms with Gasteiger partial charge in [0.25, 0.3) is 0 Å². The summed E-state index contributed by atoms with van der Waals surface area (Å²) in [4.78, 5) is 22.0. The summed E-state index contributed by atoms with van der Waals surface area (Å²) in [6, 6.07) is 0. The Hall–Kier alpha value is -0.135. The Morgan fingerprint density at radius 3 is 3.00 bits per heavy atom. The third-order valence-electron chi connectivity index (χ3n) is 3.09. The number of hydrogen-bond acceptors (Lipinski definition) is 4. The number of rotatable bonds is 4. The van der Waals surface area contributed by atoms with Crippen molar-refractivity contribution in [1.82, 2.24) is 0 Å². The Bertz CT molecular complexity index is 298. The molecule has 3 unspecified atom stereocenters. The summed E-state index contributed by atoms with van der Waals surface area (Å²) in [7, 11) is 0.796. The van der Waals surface area contributed by atoms with Crippen molar-refractivity contribution in [3.05, 3.63) is 0 Å². The van der Waals surface area contributed by atoms with Crippen molar-refractivity contribution >= 4 is 35.5 Å². The summed E-state index contributed by atoms with van der Waals surface area (Å²) in [5, 5.41) is 0. The van der Waals surface area contributed by atoms with E-state index in [1.807, 2.05) is 0 Å². The Labute approximate surface area is 91.6 Å². The van der Waals surface area contributed by atoms with Gasteiger partial charge in [-0.15, -0.1) is 0 Å². The molecule has 80 valence electrons. The molecule has 2 fully saturated rings. The summed E-state index contributed by atoms with van der Waals surface area (Å²) >= 11 is 0. The molecule has 0 aromatic heterocycles. The van der Waals surface area contributed by atoms with Crippen molar-refractivity contribution in [3.63, 3.8) is 0 Å². The van der Waals surface area contributed by atoms with E-state index in [1.54, 1.807) is 0 Å². The maximum absolute atomic E-state index is 11.0. The number of carbonyl (C=O) groups excluding carboxylic acids is 2. The molecule has 1 saturated carbocycles. The molecule has 1 aliphatic carbocycles. The van der Waals surface area contributed by atoms with Gasteiger partial charge >= 0.3 is 91.0 Å². The molecule has 1 heterocycles. The first kappa shape index (κ1) is 11.4. The molecule has 4 nitrogen and oxygen atoms in total. The van der Waals surface area contributed by atoms with Crippen LogP contribution < -0.4 is 0 Å². The third-order valence-corrected chi connectivity index (χ3v) is 6.33. The van der Waals surface area contributed by atoms with Crippen molar-refractivity contribution in [3.8, 4) is 0 Å². The molecule has 0 radical (unpaired) electrons. The van der Waals surface area contributed by atoms with Gasteiger partial charge < -0.3 is 0 Å². The molecule has 2 rings (SSSR count). The zero-order valence-corrected chi connectivity index (χ0v) is 10.0. The van der Waals surface area contributed by atoms with E-state index in [9.17, 15) is 14.3 Å². The molecule has 0 aromatic carbocycles. The first-order valence-corrected chi connectivity index (χ1v) is 8.01. The Morgan fingerprint density at radius 2 is 2.33 bits per heavy atom. The molecule has 0 N–H and O–H groups in total. The van der Waals surface area contributed by atoms with Gasteiger partial charge in [-0.2, -0.15) is 0 Å². The van der Waals surface area contributed by atoms with E-state index >= 15 is 0 Å². The molecule has 1 aliphatic heterocycles.